The molecule has 1 saturated heterocycles. The Morgan fingerprint density at radius 3 is 1.70 bits per heavy atom. The Labute approximate surface area is 166 Å². The largest absolute Gasteiger partial charge is 0.495 e. The molecule has 1 fully saturated rings. The van der Waals surface area contributed by atoms with Crippen molar-refractivity contribution in [3.63, 3.8) is 0 Å². The number of hydrogen-bond acceptors (Lipinski definition) is 4. The number of hydrogen-bond donors (Lipinski definition) is 0. The predicted octanol–water partition coefficient (Wildman–Crippen LogP) is 3.06. The summed E-state index contributed by atoms with van der Waals surface area (Å²) in [6.45, 7) is 1.98. The molecule has 0 N–H and O–H groups in total. The second-order valence-electron chi connectivity index (χ2n) is 6.15. The summed E-state index contributed by atoms with van der Waals surface area (Å²) in [6.07, 6.45) is 0. The monoisotopic (exact) mass is 432 g/mol. The highest BCUT2D eigenvalue weighted by atomic mass is 79.9. The zero-order valence-corrected chi connectivity index (χ0v) is 16.9. The van der Waals surface area contributed by atoms with Gasteiger partial charge in [-0.2, -0.15) is 0 Å². The SMILES string of the molecule is COc1cc(C(=O)N2CCN(C(=O)c3ccccc3)CC2)cc(OC)c1Br. The van der Waals surface area contributed by atoms with Gasteiger partial charge < -0.3 is 19.3 Å². The van der Waals surface area contributed by atoms with Crippen LogP contribution >= 0.6 is 15.9 Å². The van der Waals surface area contributed by atoms with Crippen molar-refractivity contribution in [2.24, 2.45) is 0 Å². The lowest BCUT2D eigenvalue weighted by molar-refractivity contribution is 0.0535. The van der Waals surface area contributed by atoms with E-state index in [1.807, 2.05) is 18.2 Å². The molecular weight excluding hydrogens is 412 g/mol. The Morgan fingerprint density at radius 1 is 0.815 bits per heavy atom. The summed E-state index contributed by atoms with van der Waals surface area (Å²) in [5.74, 6) is 0.965. The summed E-state index contributed by atoms with van der Waals surface area (Å²) in [4.78, 5) is 29.0. The quantitative estimate of drug-likeness (QED) is 0.744. The highest BCUT2D eigenvalue weighted by Gasteiger charge is 2.26. The third-order valence-electron chi connectivity index (χ3n) is 4.57. The average molecular weight is 433 g/mol. The van der Waals surface area contributed by atoms with Gasteiger partial charge in [-0.15, -0.1) is 0 Å². The van der Waals surface area contributed by atoms with Gasteiger partial charge in [0.25, 0.3) is 11.8 Å². The molecule has 0 saturated carbocycles. The molecule has 0 atom stereocenters. The van der Waals surface area contributed by atoms with Crippen molar-refractivity contribution in [2.75, 3.05) is 40.4 Å². The van der Waals surface area contributed by atoms with E-state index in [9.17, 15) is 9.59 Å². The molecule has 2 aromatic carbocycles. The molecule has 0 aliphatic carbocycles. The number of amides is 2. The second kappa shape index (κ2) is 8.43. The van der Waals surface area contributed by atoms with Gasteiger partial charge in [-0.3, -0.25) is 9.59 Å². The molecule has 27 heavy (non-hydrogen) atoms. The summed E-state index contributed by atoms with van der Waals surface area (Å²) < 4.78 is 11.3. The van der Waals surface area contributed by atoms with Crippen molar-refractivity contribution in [1.82, 2.24) is 9.80 Å². The Hall–Kier alpha value is -2.54. The van der Waals surface area contributed by atoms with E-state index in [2.05, 4.69) is 15.9 Å². The minimum absolute atomic E-state index is 0.00493. The molecular formula is C20H21BrN2O4. The molecule has 1 aliphatic rings. The smallest absolute Gasteiger partial charge is 0.254 e. The van der Waals surface area contributed by atoms with E-state index >= 15 is 0 Å². The van der Waals surface area contributed by atoms with E-state index in [0.717, 1.165) is 0 Å². The van der Waals surface area contributed by atoms with Gasteiger partial charge in [0.15, 0.2) is 0 Å². The first-order valence-electron chi connectivity index (χ1n) is 8.60. The van der Waals surface area contributed by atoms with Crippen LogP contribution in [0.15, 0.2) is 46.9 Å². The second-order valence-corrected chi connectivity index (χ2v) is 6.94. The van der Waals surface area contributed by atoms with Crippen molar-refractivity contribution >= 4 is 27.7 Å². The van der Waals surface area contributed by atoms with Crippen molar-refractivity contribution < 1.29 is 19.1 Å². The maximum atomic E-state index is 12.9. The zero-order valence-electron chi connectivity index (χ0n) is 15.3. The molecule has 2 amide bonds. The lowest BCUT2D eigenvalue weighted by atomic mass is 10.1. The number of piperazine rings is 1. The zero-order chi connectivity index (χ0) is 19.4. The maximum Gasteiger partial charge on any atom is 0.254 e. The highest BCUT2D eigenvalue weighted by molar-refractivity contribution is 9.10. The molecule has 2 aromatic rings. The van der Waals surface area contributed by atoms with Crippen LogP contribution < -0.4 is 9.47 Å². The van der Waals surface area contributed by atoms with Gasteiger partial charge in [0.2, 0.25) is 0 Å². The van der Waals surface area contributed by atoms with Crippen LogP contribution in [0.1, 0.15) is 20.7 Å². The topological polar surface area (TPSA) is 59.1 Å². The van der Waals surface area contributed by atoms with Crippen molar-refractivity contribution in [3.8, 4) is 11.5 Å². The minimum atomic E-state index is -0.106. The van der Waals surface area contributed by atoms with Crippen molar-refractivity contribution in [3.05, 3.63) is 58.1 Å². The van der Waals surface area contributed by atoms with E-state index in [1.54, 1.807) is 48.3 Å². The number of carbonyl (C=O) groups is 2. The Balaban J connectivity index is 1.69. The lowest BCUT2D eigenvalue weighted by Crippen LogP contribution is -2.50. The van der Waals surface area contributed by atoms with Gasteiger partial charge in [-0.25, -0.2) is 0 Å². The van der Waals surface area contributed by atoms with E-state index in [4.69, 9.17) is 9.47 Å². The lowest BCUT2D eigenvalue weighted by Gasteiger charge is -2.35. The van der Waals surface area contributed by atoms with Gasteiger partial charge in [0.05, 0.1) is 14.2 Å². The normalized spacial score (nSPS) is 14.0. The molecule has 6 nitrogen and oxygen atoms in total. The van der Waals surface area contributed by atoms with Gasteiger partial charge in [-0.05, 0) is 40.2 Å². The fourth-order valence-corrected chi connectivity index (χ4v) is 3.60. The van der Waals surface area contributed by atoms with Crippen LogP contribution in [0.25, 0.3) is 0 Å². The first-order chi connectivity index (χ1) is 13.0. The van der Waals surface area contributed by atoms with Crippen LogP contribution in [0.3, 0.4) is 0 Å². The molecule has 0 bridgehead atoms. The van der Waals surface area contributed by atoms with Gasteiger partial charge in [0.1, 0.15) is 16.0 Å². The standard InChI is InChI=1S/C20H21BrN2O4/c1-26-16-12-15(13-17(27-2)18(16)21)20(25)23-10-8-22(9-11-23)19(24)14-6-4-3-5-7-14/h3-7,12-13H,8-11H2,1-2H3. The van der Waals surface area contributed by atoms with Crippen LogP contribution in [-0.2, 0) is 0 Å². The summed E-state index contributed by atoms with van der Waals surface area (Å²) in [5, 5.41) is 0. The molecule has 0 aromatic heterocycles. The molecule has 3 rings (SSSR count). The van der Waals surface area contributed by atoms with E-state index in [0.29, 0.717) is 53.3 Å². The first-order valence-corrected chi connectivity index (χ1v) is 9.39. The molecule has 0 spiro atoms. The fourth-order valence-electron chi connectivity index (χ4n) is 3.05. The molecule has 142 valence electrons. The molecule has 0 radical (unpaired) electrons. The number of carbonyl (C=O) groups excluding carboxylic acids is 2. The third kappa shape index (κ3) is 4.08. The average Bonchev–Trinajstić information content (AvgIpc) is 2.73. The maximum absolute atomic E-state index is 12.9. The number of benzene rings is 2. The Kier molecular flexibility index (Phi) is 6.01. The number of rotatable bonds is 4. The fraction of sp³-hybridized carbons (Fsp3) is 0.300. The Bertz CT molecular complexity index is 808. The van der Waals surface area contributed by atoms with Crippen LogP contribution in [0.2, 0.25) is 0 Å². The third-order valence-corrected chi connectivity index (χ3v) is 5.35. The van der Waals surface area contributed by atoms with Crippen molar-refractivity contribution in [1.29, 1.82) is 0 Å². The van der Waals surface area contributed by atoms with E-state index < -0.39 is 0 Å². The van der Waals surface area contributed by atoms with Gasteiger partial charge in [0, 0.05) is 37.3 Å². The molecule has 1 aliphatic heterocycles. The van der Waals surface area contributed by atoms with Crippen LogP contribution in [0.4, 0.5) is 0 Å². The van der Waals surface area contributed by atoms with E-state index in [1.165, 1.54) is 0 Å². The molecule has 0 unspecified atom stereocenters. The van der Waals surface area contributed by atoms with Crippen molar-refractivity contribution in [2.45, 2.75) is 0 Å². The Morgan fingerprint density at radius 2 is 1.26 bits per heavy atom. The molecule has 1 heterocycles. The number of methoxy groups -OCH3 is 2. The highest BCUT2D eigenvalue weighted by Crippen LogP contribution is 2.36. The van der Waals surface area contributed by atoms with Crippen LogP contribution in [0.5, 0.6) is 11.5 Å². The number of ether oxygens (including phenoxy) is 2. The summed E-state index contributed by atoms with van der Waals surface area (Å²) in [5.41, 5.74) is 1.16. The van der Waals surface area contributed by atoms with E-state index in [-0.39, 0.29) is 11.8 Å². The summed E-state index contributed by atoms with van der Waals surface area (Å²) in [6, 6.07) is 12.6. The number of nitrogens with zero attached hydrogens (tertiary/aromatic N) is 2. The number of halogens is 1. The molecule has 7 heteroatoms. The predicted molar refractivity (Wildman–Crippen MR) is 105 cm³/mol. The summed E-state index contributed by atoms with van der Waals surface area (Å²) >= 11 is 3.41. The van der Waals surface area contributed by atoms with Crippen LogP contribution in [0, 0.1) is 0 Å². The van der Waals surface area contributed by atoms with Gasteiger partial charge >= 0.3 is 0 Å². The minimum Gasteiger partial charge on any atom is -0.495 e. The van der Waals surface area contributed by atoms with Crippen LogP contribution in [-0.4, -0.2) is 62.0 Å². The van der Waals surface area contributed by atoms with Gasteiger partial charge in [-0.1, -0.05) is 18.2 Å². The first kappa shape index (κ1) is 19.2. The summed E-state index contributed by atoms with van der Waals surface area (Å²) in [7, 11) is 3.09.